The van der Waals surface area contributed by atoms with Crippen LogP contribution in [0.2, 0.25) is 0 Å². The van der Waals surface area contributed by atoms with Gasteiger partial charge in [-0.3, -0.25) is 9.78 Å². The Morgan fingerprint density at radius 2 is 2.08 bits per heavy atom. The maximum absolute atomic E-state index is 12.9. The van der Waals surface area contributed by atoms with Crippen LogP contribution in [0.4, 0.5) is 8.78 Å². The Labute approximate surface area is 213 Å². The fourth-order valence-corrected chi connectivity index (χ4v) is 5.43. The maximum atomic E-state index is 12.9. The number of nitrogens with zero attached hydrogens (tertiary/aromatic N) is 8. The van der Waals surface area contributed by atoms with E-state index in [4.69, 9.17) is 4.98 Å². The summed E-state index contributed by atoms with van der Waals surface area (Å²) in [5.74, 6) is 0.894. The number of alkyl halides is 2. The molecule has 0 spiro atoms. The minimum Gasteiger partial charge on any atom is -0.347 e. The van der Waals surface area contributed by atoms with Crippen molar-refractivity contribution < 1.29 is 13.6 Å². The molecule has 5 heterocycles. The number of carbonyl (C=O) groups excluding carboxylic acids is 1. The number of hydrogen-bond donors (Lipinski definition) is 1. The Balaban J connectivity index is 1.34. The minimum atomic E-state index is -2.64. The van der Waals surface area contributed by atoms with Crippen molar-refractivity contribution >= 4 is 28.3 Å². The molecule has 37 heavy (non-hydrogen) atoms. The van der Waals surface area contributed by atoms with E-state index in [-0.39, 0.29) is 22.0 Å². The normalized spacial score (nSPS) is 17.9. The number of imidazole rings is 1. The van der Waals surface area contributed by atoms with Crippen molar-refractivity contribution in [1.82, 2.24) is 44.6 Å². The third-order valence-electron chi connectivity index (χ3n) is 6.39. The summed E-state index contributed by atoms with van der Waals surface area (Å²) in [5.41, 5.74) is 2.33. The van der Waals surface area contributed by atoms with Gasteiger partial charge in [0, 0.05) is 30.5 Å². The van der Waals surface area contributed by atoms with Gasteiger partial charge in [-0.25, -0.2) is 33.4 Å². The largest absolute Gasteiger partial charge is 0.347 e. The molecule has 0 aliphatic heterocycles. The summed E-state index contributed by atoms with van der Waals surface area (Å²) < 4.78 is 29.6. The quantitative estimate of drug-likeness (QED) is 0.352. The zero-order valence-electron chi connectivity index (χ0n) is 19.4. The lowest BCUT2D eigenvalue weighted by Gasteiger charge is -2.31. The molecule has 1 fully saturated rings. The molecule has 5 aromatic rings. The van der Waals surface area contributed by atoms with Crippen LogP contribution < -0.4 is 5.32 Å². The number of fused-ring (bicyclic) bond motifs is 1. The van der Waals surface area contributed by atoms with Gasteiger partial charge in [0.05, 0.1) is 16.6 Å². The van der Waals surface area contributed by atoms with Gasteiger partial charge >= 0.3 is 0 Å². The Bertz CT molecular complexity index is 1530. The van der Waals surface area contributed by atoms with Gasteiger partial charge in [-0.15, -0.1) is 11.3 Å². The van der Waals surface area contributed by atoms with Crippen molar-refractivity contribution in [1.29, 1.82) is 0 Å². The van der Waals surface area contributed by atoms with Crippen LogP contribution in [0.5, 0.6) is 0 Å². The number of thiazole rings is 1. The number of amides is 1. The molecule has 13 heteroatoms. The molecule has 10 nitrogen and oxygen atoms in total. The molecule has 0 bridgehead atoms. The van der Waals surface area contributed by atoms with Crippen LogP contribution in [0.1, 0.15) is 52.8 Å². The maximum Gasteiger partial charge on any atom is 0.280 e. The first kappa shape index (κ1) is 23.3. The second-order valence-electron chi connectivity index (χ2n) is 8.75. The van der Waals surface area contributed by atoms with Gasteiger partial charge in [0.2, 0.25) is 0 Å². The molecule has 0 radical (unpaired) electrons. The summed E-state index contributed by atoms with van der Waals surface area (Å²) in [7, 11) is 0. The second-order valence-corrected chi connectivity index (χ2v) is 9.81. The molecule has 1 N–H and O–H groups in total. The lowest BCUT2D eigenvalue weighted by atomic mass is 9.90. The molecule has 1 amide bonds. The average molecular weight is 522 g/mol. The minimum absolute atomic E-state index is 0.0139. The number of pyridine rings is 2. The van der Waals surface area contributed by atoms with Gasteiger partial charge in [-0.1, -0.05) is 6.07 Å². The van der Waals surface area contributed by atoms with Crippen molar-refractivity contribution in [3.05, 3.63) is 65.4 Å². The summed E-state index contributed by atoms with van der Waals surface area (Å²) in [6, 6.07) is 7.47. The average Bonchev–Trinajstić information content (AvgIpc) is 3.69. The van der Waals surface area contributed by atoms with Crippen LogP contribution in [-0.2, 0) is 0 Å². The van der Waals surface area contributed by atoms with Gasteiger partial charge in [0.25, 0.3) is 12.3 Å². The predicted molar refractivity (Wildman–Crippen MR) is 132 cm³/mol. The van der Waals surface area contributed by atoms with E-state index in [9.17, 15) is 13.6 Å². The number of halogens is 2. The van der Waals surface area contributed by atoms with Gasteiger partial charge in [-0.05, 0) is 37.8 Å². The first-order valence-electron chi connectivity index (χ1n) is 11.8. The van der Waals surface area contributed by atoms with Crippen LogP contribution in [0, 0.1) is 0 Å². The van der Waals surface area contributed by atoms with E-state index >= 15 is 0 Å². The van der Waals surface area contributed by atoms with Crippen LogP contribution in [0.15, 0.2) is 55.5 Å². The summed E-state index contributed by atoms with van der Waals surface area (Å²) in [6.45, 7) is 0. The van der Waals surface area contributed by atoms with Crippen LogP contribution in [0.25, 0.3) is 28.4 Å². The zero-order valence-corrected chi connectivity index (χ0v) is 20.2. The van der Waals surface area contributed by atoms with Crippen LogP contribution >= 0.6 is 11.3 Å². The molecule has 0 aromatic carbocycles. The van der Waals surface area contributed by atoms with E-state index < -0.39 is 12.3 Å². The molecule has 1 saturated carbocycles. The van der Waals surface area contributed by atoms with Crippen molar-refractivity contribution in [2.75, 3.05) is 0 Å². The molecule has 0 unspecified atom stereocenters. The standard InChI is InChI=1S/C24H21F2N9OS/c25-21(26)19-11-30-24(37-19)23(36)32-14-4-3-5-15(8-14)35-18-9-20(34-13-27-12-31-34)29-10-17(18)33-22(35)16-6-1-2-7-28-16/h1-2,6-7,9-15,21H,3-5,8H2,(H,32,36)/t14-,15+/m0/s1. The molecule has 1 aliphatic carbocycles. The number of nitrogens with one attached hydrogen (secondary N) is 1. The van der Waals surface area contributed by atoms with Gasteiger partial charge < -0.3 is 9.88 Å². The van der Waals surface area contributed by atoms with Crippen molar-refractivity contribution in [3.8, 4) is 17.3 Å². The second kappa shape index (κ2) is 9.73. The molecule has 188 valence electrons. The zero-order chi connectivity index (χ0) is 25.4. The highest BCUT2D eigenvalue weighted by Crippen LogP contribution is 2.36. The summed E-state index contributed by atoms with van der Waals surface area (Å²) in [6.07, 6.45) is 8.06. The van der Waals surface area contributed by atoms with E-state index in [1.807, 2.05) is 24.3 Å². The lowest BCUT2D eigenvalue weighted by Crippen LogP contribution is -2.39. The van der Waals surface area contributed by atoms with E-state index in [1.165, 1.54) is 6.33 Å². The fraction of sp³-hybridized carbons (Fsp3) is 0.292. The van der Waals surface area contributed by atoms with Crippen molar-refractivity contribution in [2.45, 2.75) is 44.2 Å². The Kier molecular flexibility index (Phi) is 6.12. The van der Waals surface area contributed by atoms with Crippen molar-refractivity contribution in [2.24, 2.45) is 0 Å². The summed E-state index contributed by atoms with van der Waals surface area (Å²) in [5, 5.41) is 7.23. The summed E-state index contributed by atoms with van der Waals surface area (Å²) in [4.78, 5) is 34.3. The molecule has 6 rings (SSSR count). The first-order chi connectivity index (χ1) is 18.1. The SMILES string of the molecule is O=C(N[C@H]1CCC[C@@H](n2c(-c3ccccn3)nc3cnc(-n4cncn4)cc32)C1)c1ncc(C(F)F)s1. The molecule has 2 atom stereocenters. The molecule has 1 aliphatic rings. The number of carbonyl (C=O) groups is 1. The Morgan fingerprint density at radius 1 is 1.16 bits per heavy atom. The first-order valence-corrected chi connectivity index (χ1v) is 12.6. The van der Waals surface area contributed by atoms with Crippen molar-refractivity contribution in [3.63, 3.8) is 0 Å². The Hall–Kier alpha value is -4.13. The highest BCUT2D eigenvalue weighted by atomic mass is 32.1. The van der Waals surface area contributed by atoms with E-state index in [0.29, 0.717) is 18.1 Å². The Morgan fingerprint density at radius 3 is 2.84 bits per heavy atom. The molecule has 0 saturated heterocycles. The molecule has 5 aromatic heterocycles. The van der Waals surface area contributed by atoms with Gasteiger partial charge in [-0.2, -0.15) is 5.10 Å². The predicted octanol–water partition coefficient (Wildman–Crippen LogP) is 4.38. The lowest BCUT2D eigenvalue weighted by molar-refractivity contribution is 0.0920. The summed E-state index contributed by atoms with van der Waals surface area (Å²) >= 11 is 0.721. The monoisotopic (exact) mass is 521 g/mol. The third kappa shape index (κ3) is 4.57. The molecular weight excluding hydrogens is 500 g/mol. The van der Waals surface area contributed by atoms with Gasteiger partial charge in [0.15, 0.2) is 16.6 Å². The van der Waals surface area contributed by atoms with Crippen LogP contribution in [0.3, 0.4) is 0 Å². The third-order valence-corrected chi connectivity index (χ3v) is 7.39. The highest BCUT2D eigenvalue weighted by Gasteiger charge is 2.29. The highest BCUT2D eigenvalue weighted by molar-refractivity contribution is 7.13. The number of rotatable bonds is 6. The van der Waals surface area contributed by atoms with E-state index in [0.717, 1.165) is 53.5 Å². The van der Waals surface area contributed by atoms with Crippen LogP contribution in [-0.4, -0.2) is 51.2 Å². The van der Waals surface area contributed by atoms with E-state index in [1.54, 1.807) is 23.4 Å². The van der Waals surface area contributed by atoms with E-state index in [2.05, 4.69) is 34.9 Å². The van der Waals surface area contributed by atoms with Gasteiger partial charge in [0.1, 0.15) is 23.9 Å². The number of hydrogen-bond acceptors (Lipinski definition) is 8. The topological polar surface area (TPSA) is 116 Å². The molecular formula is C24H21F2N9OS. The fourth-order valence-electron chi connectivity index (χ4n) is 4.75. The number of aromatic nitrogens is 8. The smallest absolute Gasteiger partial charge is 0.280 e.